The number of anilines is 1. The molecule has 0 bridgehead atoms. The summed E-state index contributed by atoms with van der Waals surface area (Å²) in [6.45, 7) is 1.23. The van der Waals surface area contributed by atoms with E-state index < -0.39 is 0 Å². The third kappa shape index (κ3) is 1.43. The molecule has 2 aliphatic heterocycles. The summed E-state index contributed by atoms with van der Waals surface area (Å²) in [7, 11) is 0. The van der Waals surface area contributed by atoms with Crippen LogP contribution in [0.25, 0.3) is 0 Å². The summed E-state index contributed by atoms with van der Waals surface area (Å²) in [5.41, 5.74) is 2.97. The Morgan fingerprint density at radius 1 is 1.06 bits per heavy atom. The van der Waals surface area contributed by atoms with Crippen molar-refractivity contribution in [1.29, 1.82) is 0 Å². The first-order valence-corrected chi connectivity index (χ1v) is 7.02. The molecule has 0 radical (unpaired) electrons. The minimum atomic E-state index is 0.693. The second-order valence-corrected chi connectivity index (χ2v) is 5.81. The van der Waals surface area contributed by atoms with Gasteiger partial charge in [-0.05, 0) is 49.8 Å². The van der Waals surface area contributed by atoms with Gasteiger partial charge in [-0.25, -0.2) is 0 Å². The zero-order valence-electron chi connectivity index (χ0n) is 10.2. The quantitative estimate of drug-likeness (QED) is 0.713. The van der Waals surface area contributed by atoms with Crippen LogP contribution in [0.1, 0.15) is 37.2 Å². The van der Waals surface area contributed by atoms with E-state index in [1.54, 1.807) is 5.56 Å². The van der Waals surface area contributed by atoms with Crippen LogP contribution in [0.2, 0.25) is 0 Å². The van der Waals surface area contributed by atoms with Crippen molar-refractivity contribution in [3.05, 3.63) is 29.8 Å². The van der Waals surface area contributed by atoms with Gasteiger partial charge in [0, 0.05) is 23.7 Å². The summed E-state index contributed by atoms with van der Waals surface area (Å²) in [5, 5.41) is 7.52. The summed E-state index contributed by atoms with van der Waals surface area (Å²) < 4.78 is 0. The van der Waals surface area contributed by atoms with Crippen molar-refractivity contribution in [3.63, 3.8) is 0 Å². The summed E-state index contributed by atoms with van der Waals surface area (Å²) in [5.74, 6) is 1.61. The van der Waals surface area contributed by atoms with E-state index in [2.05, 4.69) is 34.9 Å². The van der Waals surface area contributed by atoms with E-state index in [1.165, 1.54) is 37.9 Å². The largest absolute Gasteiger partial charge is 0.381 e. The Hall–Kier alpha value is -1.02. The number of hydrogen-bond acceptors (Lipinski definition) is 2. The van der Waals surface area contributed by atoms with Gasteiger partial charge in [0.05, 0.1) is 0 Å². The summed E-state index contributed by atoms with van der Waals surface area (Å²) in [6, 6.07) is 10.4. The number of piperidine rings is 1. The number of hydrogen-bond donors (Lipinski definition) is 2. The van der Waals surface area contributed by atoms with Crippen LogP contribution in [0.5, 0.6) is 0 Å². The summed E-state index contributed by atoms with van der Waals surface area (Å²) >= 11 is 0. The lowest BCUT2D eigenvalue weighted by atomic mass is 9.70. The van der Waals surface area contributed by atoms with Crippen LogP contribution in [0.15, 0.2) is 24.3 Å². The maximum atomic E-state index is 3.80. The number of para-hydroxylation sites is 1. The molecule has 4 rings (SSSR count). The van der Waals surface area contributed by atoms with Crippen molar-refractivity contribution in [3.8, 4) is 0 Å². The van der Waals surface area contributed by atoms with Crippen LogP contribution >= 0.6 is 0 Å². The maximum absolute atomic E-state index is 3.80. The molecule has 1 aliphatic carbocycles. The van der Waals surface area contributed by atoms with Crippen molar-refractivity contribution in [2.24, 2.45) is 5.92 Å². The number of rotatable bonds is 0. The van der Waals surface area contributed by atoms with Gasteiger partial charge < -0.3 is 10.6 Å². The minimum absolute atomic E-state index is 0.693. The van der Waals surface area contributed by atoms with E-state index in [1.807, 2.05) is 0 Å². The smallest absolute Gasteiger partial charge is 0.0378 e. The first kappa shape index (κ1) is 9.95. The monoisotopic (exact) mass is 228 g/mol. The van der Waals surface area contributed by atoms with E-state index in [0.29, 0.717) is 6.04 Å². The molecule has 2 nitrogen and oxygen atoms in total. The molecule has 1 aromatic carbocycles. The van der Waals surface area contributed by atoms with Gasteiger partial charge in [0.25, 0.3) is 0 Å². The molecular weight excluding hydrogens is 208 g/mol. The predicted octanol–water partition coefficient (Wildman–Crippen LogP) is 2.73. The number of nitrogens with one attached hydrogen (secondary N) is 2. The lowest BCUT2D eigenvalue weighted by Crippen LogP contribution is -2.51. The van der Waals surface area contributed by atoms with Crippen LogP contribution in [-0.4, -0.2) is 18.6 Å². The normalized spacial score (nSPS) is 38.8. The third-order valence-electron chi connectivity index (χ3n) is 5.00. The molecule has 1 saturated carbocycles. The van der Waals surface area contributed by atoms with E-state index in [4.69, 9.17) is 0 Å². The topological polar surface area (TPSA) is 24.1 Å². The molecule has 0 spiro atoms. The Labute approximate surface area is 103 Å². The van der Waals surface area contributed by atoms with Crippen molar-refractivity contribution in [1.82, 2.24) is 5.32 Å². The molecule has 0 aromatic heterocycles. The molecule has 1 saturated heterocycles. The van der Waals surface area contributed by atoms with E-state index in [9.17, 15) is 0 Å². The molecule has 2 fully saturated rings. The molecule has 4 atom stereocenters. The Kier molecular flexibility index (Phi) is 2.19. The lowest BCUT2D eigenvalue weighted by Gasteiger charge is -2.43. The molecule has 90 valence electrons. The third-order valence-corrected chi connectivity index (χ3v) is 5.00. The fourth-order valence-corrected chi connectivity index (χ4v) is 4.25. The first-order chi connectivity index (χ1) is 8.43. The molecule has 1 aromatic rings. The van der Waals surface area contributed by atoms with Gasteiger partial charge in [0.2, 0.25) is 0 Å². The highest BCUT2D eigenvalue weighted by atomic mass is 15.0. The van der Waals surface area contributed by atoms with Crippen LogP contribution in [0.3, 0.4) is 0 Å². The zero-order chi connectivity index (χ0) is 11.2. The van der Waals surface area contributed by atoms with Crippen LogP contribution in [0, 0.1) is 5.92 Å². The minimum Gasteiger partial charge on any atom is -0.381 e. The Morgan fingerprint density at radius 2 is 2.00 bits per heavy atom. The molecule has 3 aliphatic rings. The summed E-state index contributed by atoms with van der Waals surface area (Å²) in [6.07, 6.45) is 5.47. The summed E-state index contributed by atoms with van der Waals surface area (Å²) in [4.78, 5) is 0. The average Bonchev–Trinajstić information content (AvgIpc) is 2.78. The highest BCUT2D eigenvalue weighted by molar-refractivity contribution is 5.59. The van der Waals surface area contributed by atoms with Gasteiger partial charge in [-0.15, -0.1) is 0 Å². The Bertz CT molecular complexity index is 429. The van der Waals surface area contributed by atoms with Gasteiger partial charge >= 0.3 is 0 Å². The van der Waals surface area contributed by atoms with Gasteiger partial charge in [-0.2, -0.15) is 0 Å². The number of benzene rings is 1. The van der Waals surface area contributed by atoms with E-state index in [-0.39, 0.29) is 0 Å². The molecule has 17 heavy (non-hydrogen) atoms. The fraction of sp³-hybridized carbons (Fsp3) is 0.600. The Balaban J connectivity index is 1.68. The van der Waals surface area contributed by atoms with Crippen LogP contribution < -0.4 is 10.6 Å². The zero-order valence-corrected chi connectivity index (χ0v) is 10.2. The predicted molar refractivity (Wildman–Crippen MR) is 70.3 cm³/mol. The van der Waals surface area contributed by atoms with Gasteiger partial charge in [-0.3, -0.25) is 0 Å². The average molecular weight is 228 g/mol. The van der Waals surface area contributed by atoms with E-state index >= 15 is 0 Å². The van der Waals surface area contributed by atoms with Crippen molar-refractivity contribution in [2.45, 2.75) is 43.7 Å². The highest BCUT2D eigenvalue weighted by Gasteiger charge is 2.44. The number of fused-ring (bicyclic) bond motifs is 5. The molecule has 2 heteroatoms. The molecular formula is C15H20N2. The van der Waals surface area contributed by atoms with Gasteiger partial charge in [0.1, 0.15) is 0 Å². The second kappa shape index (κ2) is 3.74. The Morgan fingerprint density at radius 3 is 3.00 bits per heavy atom. The van der Waals surface area contributed by atoms with Gasteiger partial charge in [0.15, 0.2) is 0 Å². The molecule has 2 heterocycles. The molecule has 2 N–H and O–H groups in total. The maximum Gasteiger partial charge on any atom is 0.0378 e. The SMILES string of the molecule is c1ccc2c(c1)NC1C2CCC2NCCCC21. The van der Waals surface area contributed by atoms with Crippen molar-refractivity contribution < 1.29 is 0 Å². The second-order valence-electron chi connectivity index (χ2n) is 5.81. The van der Waals surface area contributed by atoms with Crippen LogP contribution in [0.4, 0.5) is 5.69 Å². The lowest BCUT2D eigenvalue weighted by molar-refractivity contribution is 0.182. The molecule has 0 amide bonds. The first-order valence-electron chi connectivity index (χ1n) is 7.02. The van der Waals surface area contributed by atoms with Crippen molar-refractivity contribution >= 4 is 5.69 Å². The standard InChI is InChI=1S/C15H20N2/c1-2-6-14-10(4-1)11-7-8-13-12(15(11)17-14)5-3-9-16-13/h1-2,4,6,11-13,15-17H,3,5,7-9H2. The van der Waals surface area contributed by atoms with Crippen molar-refractivity contribution in [2.75, 3.05) is 11.9 Å². The van der Waals surface area contributed by atoms with E-state index in [0.717, 1.165) is 17.9 Å². The molecule has 4 unspecified atom stereocenters. The fourth-order valence-electron chi connectivity index (χ4n) is 4.25. The van der Waals surface area contributed by atoms with Gasteiger partial charge in [-0.1, -0.05) is 18.2 Å². The highest BCUT2D eigenvalue weighted by Crippen LogP contribution is 2.47. The van der Waals surface area contributed by atoms with Crippen LogP contribution in [-0.2, 0) is 0 Å².